The molecule has 2 heterocycles. The highest BCUT2D eigenvalue weighted by atomic mass is 19.1. The molecule has 1 aliphatic carbocycles. The summed E-state index contributed by atoms with van der Waals surface area (Å²) < 4.78 is 15.1. The molecule has 1 fully saturated rings. The number of nitrogens with zero attached hydrogens (tertiary/aromatic N) is 2. The zero-order chi connectivity index (χ0) is 24.0. The van der Waals surface area contributed by atoms with Gasteiger partial charge in [-0.2, -0.15) is 0 Å². The Bertz CT molecular complexity index is 1510. The molecule has 0 spiro atoms. The van der Waals surface area contributed by atoms with Gasteiger partial charge in [-0.05, 0) is 42.9 Å². The summed E-state index contributed by atoms with van der Waals surface area (Å²) in [6, 6.07) is 13.7. The van der Waals surface area contributed by atoms with E-state index in [4.69, 9.17) is 5.73 Å². The van der Waals surface area contributed by atoms with Crippen molar-refractivity contribution in [3.63, 3.8) is 0 Å². The molecule has 174 valence electrons. The fraction of sp³-hybridized carbons (Fsp3) is 0.280. The van der Waals surface area contributed by atoms with Crippen molar-refractivity contribution in [1.82, 2.24) is 19.5 Å². The lowest BCUT2D eigenvalue weighted by molar-refractivity contribution is -0.117. The van der Waals surface area contributed by atoms with E-state index in [1.54, 1.807) is 12.1 Å². The fourth-order valence-electron chi connectivity index (χ4n) is 4.60. The number of hydrogen-bond acceptors (Lipinski definition) is 4. The number of H-pyrrole nitrogens is 2. The average Bonchev–Trinajstić information content (AvgIpc) is 3.57. The molecule has 2 aromatic carbocycles. The molecule has 2 aromatic heterocycles. The van der Waals surface area contributed by atoms with E-state index in [1.807, 2.05) is 24.3 Å². The normalized spacial score (nSPS) is 15.4. The molecule has 1 amide bonds. The van der Waals surface area contributed by atoms with Crippen molar-refractivity contribution in [2.24, 2.45) is 11.7 Å². The molecule has 4 aromatic rings. The van der Waals surface area contributed by atoms with Crippen LogP contribution >= 0.6 is 0 Å². The van der Waals surface area contributed by atoms with E-state index in [1.165, 1.54) is 12.1 Å². The number of rotatable bonds is 7. The first-order chi connectivity index (χ1) is 16.3. The minimum atomic E-state index is -0.650. The topological polar surface area (TPSA) is 127 Å². The predicted molar refractivity (Wildman–Crippen MR) is 125 cm³/mol. The van der Waals surface area contributed by atoms with E-state index < -0.39 is 28.4 Å². The number of hydrogen-bond donors (Lipinski definition) is 3. The molecule has 9 heteroatoms. The summed E-state index contributed by atoms with van der Waals surface area (Å²) in [4.78, 5) is 47.5. The summed E-state index contributed by atoms with van der Waals surface area (Å²) in [5.41, 5.74) is 5.95. The number of benzene rings is 2. The first-order valence-corrected chi connectivity index (χ1v) is 11.1. The highest BCUT2D eigenvalue weighted by Crippen LogP contribution is 2.50. The molecular formula is C25H24FN5O3. The summed E-state index contributed by atoms with van der Waals surface area (Å²) in [5, 5.41) is 0. The maximum absolute atomic E-state index is 14.1. The van der Waals surface area contributed by atoms with Crippen LogP contribution in [0.3, 0.4) is 0 Å². The molecule has 0 radical (unpaired) electrons. The lowest BCUT2D eigenvalue weighted by atomic mass is 9.77. The van der Waals surface area contributed by atoms with E-state index in [0.29, 0.717) is 11.7 Å². The van der Waals surface area contributed by atoms with Gasteiger partial charge >= 0.3 is 5.69 Å². The van der Waals surface area contributed by atoms with E-state index in [9.17, 15) is 18.8 Å². The molecule has 8 nitrogen and oxygen atoms in total. The molecule has 1 atom stereocenters. The van der Waals surface area contributed by atoms with Gasteiger partial charge in [-0.25, -0.2) is 14.2 Å². The average molecular weight is 461 g/mol. The summed E-state index contributed by atoms with van der Waals surface area (Å²) in [6.45, 7) is 1.87. The predicted octanol–water partition coefficient (Wildman–Crippen LogP) is 2.34. The zero-order valence-electron chi connectivity index (χ0n) is 18.6. The van der Waals surface area contributed by atoms with Crippen molar-refractivity contribution in [2.75, 3.05) is 0 Å². The van der Waals surface area contributed by atoms with Gasteiger partial charge in [0.25, 0.3) is 5.56 Å². The number of carbonyl (C=O) groups excluding carboxylic acids is 1. The number of imidazole rings is 1. The summed E-state index contributed by atoms with van der Waals surface area (Å²) >= 11 is 0. The van der Waals surface area contributed by atoms with Gasteiger partial charge in [0.05, 0.1) is 18.4 Å². The van der Waals surface area contributed by atoms with Crippen molar-refractivity contribution < 1.29 is 9.18 Å². The van der Waals surface area contributed by atoms with Gasteiger partial charge in [0, 0.05) is 5.56 Å². The Kier molecular flexibility index (Phi) is 5.19. The monoisotopic (exact) mass is 461 g/mol. The Labute approximate surface area is 193 Å². The second-order valence-corrected chi connectivity index (χ2v) is 9.04. The highest BCUT2D eigenvalue weighted by molar-refractivity contribution is 5.76. The van der Waals surface area contributed by atoms with Crippen LogP contribution in [0.2, 0.25) is 0 Å². The summed E-state index contributed by atoms with van der Waals surface area (Å²) in [5.74, 6) is -0.00245. The standard InChI is InChI=1S/C25H24FN5O3/c1-25(17-10-11-17,16-8-6-14(7-9-16)12-19(27)32)23-28-20-21(29-23)30-24(34)31(22(20)33)13-15-4-2-3-5-18(15)26/h2-9,17H,10-13H2,1H3,(H2,27,32)(H,28,29)(H,30,34). The van der Waals surface area contributed by atoms with Gasteiger partial charge in [-0.1, -0.05) is 42.5 Å². The van der Waals surface area contributed by atoms with Crippen molar-refractivity contribution in [1.29, 1.82) is 0 Å². The van der Waals surface area contributed by atoms with Gasteiger partial charge in [0.2, 0.25) is 5.91 Å². The molecule has 0 bridgehead atoms. The Morgan fingerprint density at radius 3 is 2.50 bits per heavy atom. The second kappa shape index (κ2) is 8.09. The van der Waals surface area contributed by atoms with Crippen LogP contribution in [0, 0.1) is 11.7 Å². The van der Waals surface area contributed by atoms with E-state index in [-0.39, 0.29) is 29.7 Å². The number of primary amides is 1. The maximum atomic E-state index is 14.1. The molecule has 1 saturated carbocycles. The number of nitrogens with two attached hydrogens (primary N) is 1. The van der Waals surface area contributed by atoms with E-state index in [0.717, 1.165) is 28.5 Å². The van der Waals surface area contributed by atoms with Crippen LogP contribution in [-0.4, -0.2) is 25.4 Å². The number of aromatic amines is 2. The third kappa shape index (κ3) is 3.72. The van der Waals surface area contributed by atoms with Crippen LogP contribution in [0.4, 0.5) is 4.39 Å². The van der Waals surface area contributed by atoms with Crippen molar-refractivity contribution >= 4 is 17.1 Å². The number of fused-ring (bicyclic) bond motifs is 1. The molecule has 4 N–H and O–H groups in total. The smallest absolute Gasteiger partial charge is 0.330 e. The lowest BCUT2D eigenvalue weighted by Crippen LogP contribution is -2.35. The van der Waals surface area contributed by atoms with Crippen LogP contribution in [0.5, 0.6) is 0 Å². The number of halogens is 1. The zero-order valence-corrected chi connectivity index (χ0v) is 18.6. The summed E-state index contributed by atoms with van der Waals surface area (Å²) in [6.07, 6.45) is 2.17. The SMILES string of the molecule is CC(c1ccc(CC(N)=O)cc1)(c1nc2[nH]c(=O)n(Cc3ccccc3F)c(=O)c2[nH]1)C1CC1. The quantitative estimate of drug-likeness (QED) is 0.390. The van der Waals surface area contributed by atoms with Gasteiger partial charge in [0.15, 0.2) is 5.65 Å². The minimum absolute atomic E-state index is 0.161. The van der Waals surface area contributed by atoms with Crippen LogP contribution < -0.4 is 17.0 Å². The molecule has 0 saturated heterocycles. The molecule has 0 aliphatic heterocycles. The van der Waals surface area contributed by atoms with Crippen molar-refractivity contribution in [2.45, 2.75) is 38.1 Å². The van der Waals surface area contributed by atoms with Crippen molar-refractivity contribution in [3.8, 4) is 0 Å². The van der Waals surface area contributed by atoms with Crippen LogP contribution in [-0.2, 0) is 23.2 Å². The first-order valence-electron chi connectivity index (χ1n) is 11.1. The third-order valence-corrected chi connectivity index (χ3v) is 6.74. The number of amides is 1. The van der Waals surface area contributed by atoms with E-state index >= 15 is 0 Å². The van der Waals surface area contributed by atoms with Crippen LogP contribution in [0.25, 0.3) is 11.2 Å². The molecule has 34 heavy (non-hydrogen) atoms. The molecule has 5 rings (SSSR count). The maximum Gasteiger partial charge on any atom is 0.330 e. The number of carbonyl (C=O) groups is 1. The Morgan fingerprint density at radius 1 is 1.15 bits per heavy atom. The Hall–Kier alpha value is -4.01. The molecule has 1 aliphatic rings. The van der Waals surface area contributed by atoms with Crippen LogP contribution in [0.15, 0.2) is 58.1 Å². The first kappa shape index (κ1) is 21.8. The minimum Gasteiger partial charge on any atom is -0.369 e. The molecular weight excluding hydrogens is 437 g/mol. The van der Waals surface area contributed by atoms with Gasteiger partial charge in [0.1, 0.15) is 17.2 Å². The van der Waals surface area contributed by atoms with Gasteiger partial charge in [-0.3, -0.25) is 19.1 Å². The van der Waals surface area contributed by atoms with Gasteiger partial charge in [-0.15, -0.1) is 0 Å². The second-order valence-electron chi connectivity index (χ2n) is 9.04. The third-order valence-electron chi connectivity index (χ3n) is 6.74. The molecule has 1 unspecified atom stereocenters. The number of nitrogens with one attached hydrogen (secondary N) is 2. The van der Waals surface area contributed by atoms with E-state index in [2.05, 4.69) is 21.9 Å². The largest absolute Gasteiger partial charge is 0.369 e. The number of aromatic nitrogens is 4. The fourth-order valence-corrected chi connectivity index (χ4v) is 4.60. The van der Waals surface area contributed by atoms with Crippen LogP contribution in [0.1, 0.15) is 42.3 Å². The lowest BCUT2D eigenvalue weighted by Gasteiger charge is -2.28. The Balaban J connectivity index is 1.58. The van der Waals surface area contributed by atoms with Gasteiger partial charge < -0.3 is 10.7 Å². The van der Waals surface area contributed by atoms with Crippen molar-refractivity contribution in [3.05, 3.63) is 97.7 Å². The summed E-state index contributed by atoms with van der Waals surface area (Å²) in [7, 11) is 0. The highest BCUT2D eigenvalue weighted by Gasteiger charge is 2.46. The Morgan fingerprint density at radius 2 is 1.85 bits per heavy atom.